The molecular weight excluding hydrogens is 287 g/mol. The van der Waals surface area contributed by atoms with E-state index in [9.17, 15) is 0 Å². The minimum atomic E-state index is -0.481. The minimum absolute atomic E-state index is 0.141. The second-order valence-electron chi connectivity index (χ2n) is 8.08. The Morgan fingerprint density at radius 3 is 2.39 bits per heavy atom. The normalized spacial score (nSPS) is 24.8. The number of hydrogen-bond acceptors (Lipinski definition) is 3. The third kappa shape index (κ3) is 10.4. The molecule has 0 aromatic rings. The summed E-state index contributed by atoms with van der Waals surface area (Å²) in [5, 5.41) is 0. The lowest BCUT2D eigenvalue weighted by Gasteiger charge is -2.37. The summed E-state index contributed by atoms with van der Waals surface area (Å²) in [6.07, 6.45) is 10.4. The zero-order valence-electron chi connectivity index (χ0n) is 16.4. The van der Waals surface area contributed by atoms with Gasteiger partial charge in [0.2, 0.25) is 0 Å². The Kier molecular flexibility index (Phi) is 9.80. The first-order chi connectivity index (χ1) is 10.9. The Morgan fingerprint density at radius 1 is 1.22 bits per heavy atom. The van der Waals surface area contributed by atoms with E-state index in [1.807, 2.05) is 0 Å². The molecule has 0 aromatic carbocycles. The van der Waals surface area contributed by atoms with Gasteiger partial charge in [-0.2, -0.15) is 0 Å². The number of rotatable bonds is 8. The van der Waals surface area contributed by atoms with E-state index in [0.29, 0.717) is 0 Å². The van der Waals surface area contributed by atoms with Gasteiger partial charge in [0.05, 0.1) is 5.60 Å². The Balaban J connectivity index is 0.000000446. The molecule has 2 fully saturated rings. The maximum atomic E-state index is 5.75. The quantitative estimate of drug-likeness (QED) is 0.428. The first-order valence-corrected chi connectivity index (χ1v) is 9.81. The zero-order valence-corrected chi connectivity index (χ0v) is 16.4. The van der Waals surface area contributed by atoms with Gasteiger partial charge in [0.25, 0.3) is 0 Å². The second-order valence-corrected chi connectivity index (χ2v) is 8.08. The molecule has 1 aliphatic carbocycles. The average Bonchev–Trinajstić information content (AvgIpc) is 3.26. The van der Waals surface area contributed by atoms with Crippen LogP contribution in [0.1, 0.15) is 92.9 Å². The average molecular weight is 326 g/mol. The fraction of sp³-hybridized carbons (Fsp3) is 1.00. The summed E-state index contributed by atoms with van der Waals surface area (Å²) in [4.78, 5) is 0. The van der Waals surface area contributed by atoms with Crippen LogP contribution in [0.5, 0.6) is 0 Å². The molecule has 1 aliphatic heterocycles. The molecule has 0 radical (unpaired) electrons. The van der Waals surface area contributed by atoms with E-state index >= 15 is 0 Å². The van der Waals surface area contributed by atoms with Gasteiger partial charge in [-0.05, 0) is 51.9 Å². The summed E-state index contributed by atoms with van der Waals surface area (Å²) in [7, 11) is -0.481. The fourth-order valence-electron chi connectivity index (χ4n) is 3.11. The topological polar surface area (TPSA) is 27.7 Å². The van der Waals surface area contributed by atoms with Gasteiger partial charge >= 0.3 is 7.32 Å². The van der Waals surface area contributed by atoms with Crippen LogP contribution >= 0.6 is 0 Å². The predicted octanol–water partition coefficient (Wildman–Crippen LogP) is 5.61. The molecule has 1 saturated heterocycles. The van der Waals surface area contributed by atoms with E-state index in [0.717, 1.165) is 31.3 Å². The minimum Gasteiger partial charge on any atom is -0.386 e. The molecule has 2 atom stereocenters. The summed E-state index contributed by atoms with van der Waals surface area (Å²) < 4.78 is 17.1. The van der Waals surface area contributed by atoms with E-state index < -0.39 is 7.32 Å². The van der Waals surface area contributed by atoms with Crippen molar-refractivity contribution in [1.82, 2.24) is 0 Å². The Hall–Kier alpha value is -0.0551. The van der Waals surface area contributed by atoms with Crippen LogP contribution in [-0.4, -0.2) is 25.6 Å². The van der Waals surface area contributed by atoms with Gasteiger partial charge in [0.1, 0.15) is 0 Å². The van der Waals surface area contributed by atoms with E-state index in [1.165, 1.54) is 38.5 Å². The highest BCUT2D eigenvalue weighted by molar-refractivity contribution is 6.36. The van der Waals surface area contributed by atoms with E-state index in [-0.39, 0.29) is 11.7 Å². The first kappa shape index (κ1) is 21.0. The van der Waals surface area contributed by atoms with Gasteiger partial charge in [-0.25, -0.2) is 0 Å². The van der Waals surface area contributed by atoms with Crippen molar-refractivity contribution in [3.05, 3.63) is 0 Å². The summed E-state index contributed by atoms with van der Waals surface area (Å²) in [5.74, 6) is 1.93. The van der Waals surface area contributed by atoms with Gasteiger partial charge in [0.15, 0.2) is 0 Å². The summed E-state index contributed by atoms with van der Waals surface area (Å²) in [5.41, 5.74) is -0.141. The Labute approximate surface area is 145 Å². The molecule has 2 aliphatic rings. The SMILES string of the molecule is CCC1CC1.CCCC(C)CCCOB1OC(C)CC(C)(C)O1. The van der Waals surface area contributed by atoms with Crippen LogP contribution in [0.25, 0.3) is 0 Å². The van der Waals surface area contributed by atoms with E-state index in [1.54, 1.807) is 0 Å². The maximum Gasteiger partial charge on any atom is 0.640 e. The van der Waals surface area contributed by atoms with Crippen molar-refractivity contribution >= 4 is 7.32 Å². The molecular formula is C19H39BO3. The first-order valence-electron chi connectivity index (χ1n) is 9.81. The van der Waals surface area contributed by atoms with Crippen LogP contribution in [0.3, 0.4) is 0 Å². The molecule has 4 heteroatoms. The van der Waals surface area contributed by atoms with Gasteiger partial charge in [-0.1, -0.05) is 52.9 Å². The second kappa shape index (κ2) is 10.7. The van der Waals surface area contributed by atoms with Crippen LogP contribution in [0.4, 0.5) is 0 Å². The van der Waals surface area contributed by atoms with Crippen LogP contribution in [0, 0.1) is 11.8 Å². The molecule has 1 saturated carbocycles. The predicted molar refractivity (Wildman–Crippen MR) is 98.4 cm³/mol. The highest BCUT2D eigenvalue weighted by Crippen LogP contribution is 2.31. The van der Waals surface area contributed by atoms with Crippen molar-refractivity contribution in [3.8, 4) is 0 Å². The molecule has 3 nitrogen and oxygen atoms in total. The molecule has 0 bridgehead atoms. The summed E-state index contributed by atoms with van der Waals surface area (Å²) >= 11 is 0. The summed E-state index contributed by atoms with van der Waals surface area (Å²) in [6.45, 7) is 13.8. The monoisotopic (exact) mass is 326 g/mol. The standard InChI is InChI=1S/C14H29BO3.C5H10/c1-6-8-12(2)9-7-10-16-15-17-13(3)11-14(4,5)18-15;1-2-5-3-4-5/h12-13H,6-11H2,1-5H3;5H,2-4H2,1H3. The smallest absolute Gasteiger partial charge is 0.386 e. The van der Waals surface area contributed by atoms with Gasteiger partial charge in [-0.15, -0.1) is 0 Å². The van der Waals surface area contributed by atoms with Gasteiger partial charge in [-0.3, -0.25) is 0 Å². The van der Waals surface area contributed by atoms with Crippen molar-refractivity contribution in [2.45, 2.75) is 105 Å². The molecule has 0 amide bonds. The molecule has 0 N–H and O–H groups in total. The molecule has 2 unspecified atom stereocenters. The maximum absolute atomic E-state index is 5.75. The van der Waals surface area contributed by atoms with Crippen molar-refractivity contribution < 1.29 is 14.0 Å². The van der Waals surface area contributed by atoms with Gasteiger partial charge in [0, 0.05) is 12.7 Å². The van der Waals surface area contributed by atoms with Gasteiger partial charge < -0.3 is 14.0 Å². The van der Waals surface area contributed by atoms with Crippen LogP contribution in [0.2, 0.25) is 0 Å². The molecule has 0 spiro atoms. The molecule has 2 rings (SSSR count). The fourth-order valence-corrected chi connectivity index (χ4v) is 3.11. The Bertz CT molecular complexity index is 305. The zero-order chi connectivity index (χ0) is 17.3. The molecule has 1 heterocycles. The van der Waals surface area contributed by atoms with Crippen molar-refractivity contribution in [2.24, 2.45) is 11.8 Å². The van der Waals surface area contributed by atoms with Crippen molar-refractivity contribution in [2.75, 3.05) is 6.61 Å². The third-order valence-corrected chi connectivity index (χ3v) is 4.69. The molecule has 23 heavy (non-hydrogen) atoms. The highest BCUT2D eigenvalue weighted by Gasteiger charge is 2.38. The third-order valence-electron chi connectivity index (χ3n) is 4.69. The van der Waals surface area contributed by atoms with Crippen molar-refractivity contribution in [3.63, 3.8) is 0 Å². The van der Waals surface area contributed by atoms with Crippen LogP contribution < -0.4 is 0 Å². The highest BCUT2D eigenvalue weighted by atomic mass is 16.7. The summed E-state index contributed by atoms with van der Waals surface area (Å²) in [6, 6.07) is 0. The van der Waals surface area contributed by atoms with Crippen molar-refractivity contribution in [1.29, 1.82) is 0 Å². The van der Waals surface area contributed by atoms with E-state index in [4.69, 9.17) is 14.0 Å². The largest absolute Gasteiger partial charge is 0.640 e. The van der Waals surface area contributed by atoms with Crippen LogP contribution in [-0.2, 0) is 14.0 Å². The Morgan fingerprint density at radius 2 is 1.91 bits per heavy atom. The van der Waals surface area contributed by atoms with Crippen LogP contribution in [0.15, 0.2) is 0 Å². The molecule has 0 aromatic heterocycles. The number of hydrogen-bond donors (Lipinski definition) is 0. The molecule has 136 valence electrons. The lowest BCUT2D eigenvalue weighted by Crippen LogP contribution is -2.47. The lowest BCUT2D eigenvalue weighted by atomic mass is 9.94. The van der Waals surface area contributed by atoms with E-state index in [2.05, 4.69) is 41.5 Å². The lowest BCUT2D eigenvalue weighted by molar-refractivity contribution is -0.0692.